The summed E-state index contributed by atoms with van der Waals surface area (Å²) < 4.78 is 4.72. The molecule has 1 aliphatic rings. The number of esters is 1. The van der Waals surface area contributed by atoms with E-state index in [0.717, 1.165) is 19.5 Å². The number of ether oxygens (including phenoxy) is 1. The molecule has 1 aromatic heterocycles. The number of β-amino-alcohol motifs (C(OH)–C–C–N with tert-alkyl or cyclic N) is 1. The molecule has 0 saturated heterocycles. The lowest BCUT2D eigenvalue weighted by atomic mass is 10.00. The van der Waals surface area contributed by atoms with Gasteiger partial charge < -0.3 is 15.2 Å². The standard InChI is InChI=1S/C20H25N3O3/c1-14-18(20(25)26-2)7-8-19(22-14)21-11-17(24)13-23-10-9-15-5-3-4-6-16(15)12-23/h3-8,17,24H,9-13H2,1-2H3,(H,21,22). The molecule has 2 heterocycles. The van der Waals surface area contributed by atoms with Crippen molar-refractivity contribution in [1.29, 1.82) is 0 Å². The fourth-order valence-corrected chi connectivity index (χ4v) is 3.28. The van der Waals surface area contributed by atoms with E-state index in [4.69, 9.17) is 4.74 Å². The number of hydrogen-bond donors (Lipinski definition) is 2. The van der Waals surface area contributed by atoms with Crippen molar-refractivity contribution in [3.63, 3.8) is 0 Å². The number of aliphatic hydroxyl groups is 1. The van der Waals surface area contributed by atoms with Gasteiger partial charge in [0.05, 0.1) is 24.5 Å². The minimum atomic E-state index is -0.498. The highest BCUT2D eigenvalue weighted by molar-refractivity contribution is 5.90. The maximum absolute atomic E-state index is 11.6. The quantitative estimate of drug-likeness (QED) is 0.772. The van der Waals surface area contributed by atoms with Gasteiger partial charge in [-0.2, -0.15) is 0 Å². The van der Waals surface area contributed by atoms with Crippen molar-refractivity contribution in [3.8, 4) is 0 Å². The first-order chi connectivity index (χ1) is 12.6. The van der Waals surface area contributed by atoms with E-state index < -0.39 is 12.1 Å². The number of nitrogens with zero attached hydrogens (tertiary/aromatic N) is 2. The first kappa shape index (κ1) is 18.4. The van der Waals surface area contributed by atoms with Gasteiger partial charge in [-0.1, -0.05) is 24.3 Å². The molecule has 0 saturated carbocycles. The summed E-state index contributed by atoms with van der Waals surface area (Å²) in [6.45, 7) is 4.61. The van der Waals surface area contributed by atoms with Crippen LogP contribution in [0.25, 0.3) is 0 Å². The second kappa shape index (κ2) is 8.29. The number of aromatic nitrogens is 1. The molecule has 0 aliphatic carbocycles. The largest absolute Gasteiger partial charge is 0.465 e. The normalized spacial score (nSPS) is 15.2. The molecule has 0 radical (unpaired) electrons. The van der Waals surface area contributed by atoms with Gasteiger partial charge in [-0.15, -0.1) is 0 Å². The third kappa shape index (κ3) is 4.39. The summed E-state index contributed by atoms with van der Waals surface area (Å²) in [6.07, 6.45) is 0.522. The fraction of sp³-hybridized carbons (Fsp3) is 0.400. The Kier molecular flexibility index (Phi) is 5.85. The molecule has 0 amide bonds. The average Bonchev–Trinajstić information content (AvgIpc) is 2.66. The van der Waals surface area contributed by atoms with Crippen LogP contribution in [0.1, 0.15) is 27.2 Å². The van der Waals surface area contributed by atoms with Crippen LogP contribution in [-0.4, -0.2) is 53.8 Å². The van der Waals surface area contributed by atoms with E-state index >= 15 is 0 Å². The van der Waals surface area contributed by atoms with E-state index in [2.05, 4.69) is 39.5 Å². The minimum absolute atomic E-state index is 0.396. The van der Waals surface area contributed by atoms with Crippen LogP contribution < -0.4 is 5.32 Å². The zero-order chi connectivity index (χ0) is 18.5. The number of aryl methyl sites for hydroxylation is 1. The van der Waals surface area contributed by atoms with Gasteiger partial charge in [0, 0.05) is 26.2 Å². The Balaban J connectivity index is 1.51. The first-order valence-corrected chi connectivity index (χ1v) is 8.84. The third-order valence-corrected chi connectivity index (χ3v) is 4.69. The van der Waals surface area contributed by atoms with Crippen LogP contribution in [0, 0.1) is 6.92 Å². The van der Waals surface area contributed by atoms with Crippen molar-refractivity contribution < 1.29 is 14.6 Å². The van der Waals surface area contributed by atoms with Crippen LogP contribution >= 0.6 is 0 Å². The van der Waals surface area contributed by atoms with Crippen LogP contribution in [0.2, 0.25) is 0 Å². The number of methoxy groups -OCH3 is 1. The predicted octanol–water partition coefficient (Wildman–Crippen LogP) is 2.01. The zero-order valence-electron chi connectivity index (χ0n) is 15.2. The van der Waals surface area contributed by atoms with E-state index in [1.807, 2.05) is 0 Å². The van der Waals surface area contributed by atoms with Crippen LogP contribution in [0.5, 0.6) is 0 Å². The van der Waals surface area contributed by atoms with Crippen LogP contribution in [0.4, 0.5) is 5.82 Å². The molecule has 1 atom stereocenters. The Morgan fingerprint density at radius 2 is 2.08 bits per heavy atom. The number of nitrogens with one attached hydrogen (secondary N) is 1. The van der Waals surface area contributed by atoms with Crippen molar-refractivity contribution in [1.82, 2.24) is 9.88 Å². The van der Waals surface area contributed by atoms with Gasteiger partial charge in [-0.05, 0) is 36.6 Å². The monoisotopic (exact) mass is 355 g/mol. The number of aliphatic hydroxyl groups excluding tert-OH is 1. The Morgan fingerprint density at radius 3 is 2.81 bits per heavy atom. The number of fused-ring (bicyclic) bond motifs is 1. The maximum Gasteiger partial charge on any atom is 0.339 e. The van der Waals surface area contributed by atoms with Crippen molar-refractivity contribution in [2.24, 2.45) is 0 Å². The van der Waals surface area contributed by atoms with Gasteiger partial charge >= 0.3 is 5.97 Å². The van der Waals surface area contributed by atoms with Gasteiger partial charge in [-0.3, -0.25) is 4.90 Å². The van der Waals surface area contributed by atoms with E-state index in [1.165, 1.54) is 18.2 Å². The summed E-state index contributed by atoms with van der Waals surface area (Å²) in [4.78, 5) is 18.2. The number of carbonyl (C=O) groups excluding carboxylic acids is 1. The molecular weight excluding hydrogens is 330 g/mol. The molecule has 0 bridgehead atoms. The van der Waals surface area contributed by atoms with Crippen LogP contribution in [0.15, 0.2) is 36.4 Å². The molecule has 6 heteroatoms. The molecule has 3 rings (SSSR count). The van der Waals surface area contributed by atoms with Crippen molar-refractivity contribution >= 4 is 11.8 Å². The highest BCUT2D eigenvalue weighted by Crippen LogP contribution is 2.18. The summed E-state index contributed by atoms with van der Waals surface area (Å²) in [6, 6.07) is 11.9. The fourth-order valence-electron chi connectivity index (χ4n) is 3.28. The SMILES string of the molecule is COC(=O)c1ccc(NCC(O)CN2CCc3ccccc3C2)nc1C. The second-order valence-corrected chi connectivity index (χ2v) is 6.61. The van der Waals surface area contributed by atoms with Gasteiger partial charge in [0.25, 0.3) is 0 Å². The summed E-state index contributed by atoms with van der Waals surface area (Å²) in [7, 11) is 1.35. The lowest BCUT2D eigenvalue weighted by Crippen LogP contribution is -2.39. The number of hydrogen-bond acceptors (Lipinski definition) is 6. The van der Waals surface area contributed by atoms with Gasteiger partial charge in [0.2, 0.25) is 0 Å². The molecule has 1 unspecified atom stereocenters. The molecule has 0 fully saturated rings. The molecule has 0 spiro atoms. The highest BCUT2D eigenvalue weighted by Gasteiger charge is 2.18. The number of carbonyl (C=O) groups is 1. The van der Waals surface area contributed by atoms with Crippen molar-refractivity contribution in [3.05, 3.63) is 58.8 Å². The molecule has 26 heavy (non-hydrogen) atoms. The molecule has 2 aromatic rings. The van der Waals surface area contributed by atoms with E-state index in [0.29, 0.717) is 30.2 Å². The van der Waals surface area contributed by atoms with E-state index in [-0.39, 0.29) is 0 Å². The number of rotatable bonds is 6. The van der Waals surface area contributed by atoms with Gasteiger partial charge in [0.15, 0.2) is 0 Å². The number of anilines is 1. The Bertz CT molecular complexity index is 779. The van der Waals surface area contributed by atoms with Gasteiger partial charge in [0.1, 0.15) is 5.82 Å². The molecule has 1 aromatic carbocycles. The first-order valence-electron chi connectivity index (χ1n) is 8.84. The zero-order valence-corrected chi connectivity index (χ0v) is 15.2. The smallest absolute Gasteiger partial charge is 0.339 e. The Hall–Kier alpha value is -2.44. The molecule has 138 valence electrons. The predicted molar refractivity (Wildman–Crippen MR) is 100 cm³/mol. The van der Waals surface area contributed by atoms with E-state index in [9.17, 15) is 9.90 Å². The highest BCUT2D eigenvalue weighted by atomic mass is 16.5. The van der Waals surface area contributed by atoms with Gasteiger partial charge in [-0.25, -0.2) is 9.78 Å². The Morgan fingerprint density at radius 1 is 1.31 bits per heavy atom. The minimum Gasteiger partial charge on any atom is -0.465 e. The third-order valence-electron chi connectivity index (χ3n) is 4.69. The maximum atomic E-state index is 11.6. The van der Waals surface area contributed by atoms with E-state index in [1.54, 1.807) is 19.1 Å². The van der Waals surface area contributed by atoms with Crippen molar-refractivity contribution in [2.45, 2.75) is 26.0 Å². The molecular formula is C20H25N3O3. The Labute approximate surface area is 153 Å². The second-order valence-electron chi connectivity index (χ2n) is 6.61. The van der Waals surface area contributed by atoms with Crippen molar-refractivity contribution in [2.75, 3.05) is 32.1 Å². The summed E-state index contributed by atoms with van der Waals surface area (Å²) in [5.74, 6) is 0.241. The summed E-state index contributed by atoms with van der Waals surface area (Å²) in [5.41, 5.74) is 3.80. The lowest BCUT2D eigenvalue weighted by Gasteiger charge is -2.30. The number of pyridine rings is 1. The number of benzene rings is 1. The van der Waals surface area contributed by atoms with Crippen LogP contribution in [-0.2, 0) is 17.7 Å². The molecule has 1 aliphatic heterocycles. The molecule has 2 N–H and O–H groups in total. The average molecular weight is 355 g/mol. The summed E-state index contributed by atoms with van der Waals surface area (Å²) >= 11 is 0. The van der Waals surface area contributed by atoms with Crippen LogP contribution in [0.3, 0.4) is 0 Å². The summed E-state index contributed by atoms with van der Waals surface area (Å²) in [5, 5.41) is 13.5. The topological polar surface area (TPSA) is 74.7 Å². The molecule has 6 nitrogen and oxygen atoms in total. The lowest BCUT2D eigenvalue weighted by molar-refractivity contribution is 0.0599.